The van der Waals surface area contributed by atoms with E-state index >= 15 is 0 Å². The standard InChI is InChI=1S/C25H21Cl2N3O6/c1-33-20-10-14(11-21(34-2)23(20)35-3)24-28-18-7-5-4-6-16(18)25(32)30(24)29-22(31)13-36-19-9-8-15(26)12-17(19)27/h4-12H,13H2,1-3H3,(H,29,31). The first-order valence-electron chi connectivity index (χ1n) is 10.6. The minimum atomic E-state index is -0.617. The molecule has 0 saturated carbocycles. The molecule has 0 saturated heterocycles. The number of nitrogens with zero attached hydrogens (tertiary/aromatic N) is 2. The summed E-state index contributed by atoms with van der Waals surface area (Å²) in [7, 11) is 4.43. The fourth-order valence-corrected chi connectivity index (χ4v) is 4.00. The summed E-state index contributed by atoms with van der Waals surface area (Å²) in [5, 5.41) is 0.995. The Kier molecular flexibility index (Phi) is 7.52. The van der Waals surface area contributed by atoms with Gasteiger partial charge < -0.3 is 18.9 Å². The maximum atomic E-state index is 13.4. The van der Waals surface area contributed by atoms with E-state index < -0.39 is 18.1 Å². The highest BCUT2D eigenvalue weighted by molar-refractivity contribution is 6.35. The van der Waals surface area contributed by atoms with Gasteiger partial charge in [0.25, 0.3) is 11.5 Å². The van der Waals surface area contributed by atoms with Crippen LogP contribution in [0.5, 0.6) is 23.0 Å². The van der Waals surface area contributed by atoms with E-state index in [1.807, 2.05) is 0 Å². The van der Waals surface area contributed by atoms with Crippen molar-refractivity contribution in [2.24, 2.45) is 0 Å². The van der Waals surface area contributed by atoms with Gasteiger partial charge in [0.1, 0.15) is 5.75 Å². The van der Waals surface area contributed by atoms with Gasteiger partial charge >= 0.3 is 0 Å². The molecule has 0 aliphatic rings. The van der Waals surface area contributed by atoms with Crippen LogP contribution in [0.1, 0.15) is 0 Å². The Morgan fingerprint density at radius 3 is 2.28 bits per heavy atom. The largest absolute Gasteiger partial charge is 0.493 e. The van der Waals surface area contributed by atoms with Crippen LogP contribution in [-0.2, 0) is 4.79 Å². The van der Waals surface area contributed by atoms with Gasteiger partial charge in [-0.15, -0.1) is 0 Å². The number of halogens is 2. The van der Waals surface area contributed by atoms with Crippen molar-refractivity contribution in [1.29, 1.82) is 0 Å². The Morgan fingerprint density at radius 2 is 1.64 bits per heavy atom. The minimum Gasteiger partial charge on any atom is -0.493 e. The molecule has 1 heterocycles. The molecule has 0 fully saturated rings. The van der Waals surface area contributed by atoms with E-state index in [9.17, 15) is 9.59 Å². The normalized spacial score (nSPS) is 10.7. The monoisotopic (exact) mass is 529 g/mol. The SMILES string of the molecule is COc1cc(-c2nc3ccccc3c(=O)n2NC(=O)COc2ccc(Cl)cc2Cl)cc(OC)c1OC. The fourth-order valence-electron chi connectivity index (χ4n) is 3.53. The Hall–Kier alpha value is -3.95. The fraction of sp³-hybridized carbons (Fsp3) is 0.160. The third kappa shape index (κ3) is 5.02. The molecule has 4 rings (SSSR count). The summed E-state index contributed by atoms with van der Waals surface area (Å²) in [6.45, 7) is -0.421. The van der Waals surface area contributed by atoms with Crippen molar-refractivity contribution in [2.75, 3.05) is 33.4 Å². The number of para-hydroxylation sites is 1. The number of carbonyl (C=O) groups excluding carboxylic acids is 1. The number of nitrogens with one attached hydrogen (secondary N) is 1. The van der Waals surface area contributed by atoms with Crippen molar-refractivity contribution in [1.82, 2.24) is 9.66 Å². The van der Waals surface area contributed by atoms with Gasteiger partial charge in [0.15, 0.2) is 23.9 Å². The van der Waals surface area contributed by atoms with Gasteiger partial charge in [-0.2, -0.15) is 4.68 Å². The quantitative estimate of drug-likeness (QED) is 0.357. The number of benzene rings is 3. The number of fused-ring (bicyclic) bond motifs is 1. The molecule has 3 aromatic carbocycles. The van der Waals surface area contributed by atoms with Crippen LogP contribution in [-0.4, -0.2) is 43.5 Å². The summed E-state index contributed by atoms with van der Waals surface area (Å²) in [5.74, 6) is 0.881. The highest BCUT2D eigenvalue weighted by atomic mass is 35.5. The van der Waals surface area contributed by atoms with E-state index in [0.29, 0.717) is 38.7 Å². The van der Waals surface area contributed by atoms with Gasteiger partial charge in [-0.25, -0.2) is 4.98 Å². The van der Waals surface area contributed by atoms with Crippen LogP contribution in [0.15, 0.2) is 59.4 Å². The van der Waals surface area contributed by atoms with Crippen LogP contribution >= 0.6 is 23.2 Å². The Morgan fingerprint density at radius 1 is 0.944 bits per heavy atom. The lowest BCUT2D eigenvalue weighted by atomic mass is 10.1. The summed E-state index contributed by atoms with van der Waals surface area (Å²) >= 11 is 12.0. The maximum Gasteiger partial charge on any atom is 0.280 e. The molecular formula is C25H21Cl2N3O6. The molecule has 4 aromatic rings. The second kappa shape index (κ2) is 10.8. The zero-order valence-corrected chi connectivity index (χ0v) is 21.0. The molecule has 186 valence electrons. The number of aromatic nitrogens is 2. The van der Waals surface area contributed by atoms with Crippen molar-refractivity contribution >= 4 is 40.0 Å². The summed E-state index contributed by atoms with van der Waals surface area (Å²) < 4.78 is 22.8. The molecule has 0 unspecified atom stereocenters. The number of hydrogen-bond acceptors (Lipinski definition) is 7. The first kappa shape index (κ1) is 25.2. The molecule has 11 heteroatoms. The molecule has 0 aliphatic carbocycles. The van der Waals surface area contributed by atoms with E-state index in [0.717, 1.165) is 4.68 Å². The average Bonchev–Trinajstić information content (AvgIpc) is 2.88. The zero-order chi connectivity index (χ0) is 25.8. The van der Waals surface area contributed by atoms with Crippen molar-refractivity contribution in [2.45, 2.75) is 0 Å². The van der Waals surface area contributed by atoms with Crippen LogP contribution in [0.2, 0.25) is 10.0 Å². The minimum absolute atomic E-state index is 0.149. The molecule has 0 spiro atoms. The molecule has 0 aliphatic heterocycles. The van der Waals surface area contributed by atoms with Gasteiger partial charge in [-0.3, -0.25) is 15.0 Å². The molecule has 9 nitrogen and oxygen atoms in total. The molecule has 1 aromatic heterocycles. The maximum absolute atomic E-state index is 13.4. The predicted molar refractivity (Wildman–Crippen MR) is 137 cm³/mol. The van der Waals surface area contributed by atoms with Crippen LogP contribution in [0, 0.1) is 0 Å². The molecule has 0 atom stereocenters. The van der Waals surface area contributed by atoms with Crippen LogP contribution in [0.4, 0.5) is 0 Å². The number of ether oxygens (including phenoxy) is 4. The van der Waals surface area contributed by atoms with E-state index in [1.54, 1.807) is 48.5 Å². The summed E-state index contributed by atoms with van der Waals surface area (Å²) in [5.41, 5.74) is 2.97. The second-order valence-corrected chi connectivity index (χ2v) is 8.25. The predicted octanol–water partition coefficient (Wildman–Crippen LogP) is 4.55. The van der Waals surface area contributed by atoms with Crippen LogP contribution in [0.25, 0.3) is 22.3 Å². The Balaban J connectivity index is 1.77. The van der Waals surface area contributed by atoms with E-state index in [2.05, 4.69) is 10.4 Å². The van der Waals surface area contributed by atoms with Crippen LogP contribution in [0.3, 0.4) is 0 Å². The average molecular weight is 530 g/mol. The molecule has 0 radical (unpaired) electrons. The molecule has 1 amide bonds. The highest BCUT2D eigenvalue weighted by Gasteiger charge is 2.20. The smallest absolute Gasteiger partial charge is 0.280 e. The number of methoxy groups -OCH3 is 3. The van der Waals surface area contributed by atoms with Gasteiger partial charge in [0.05, 0.1) is 37.3 Å². The number of rotatable bonds is 8. The third-order valence-corrected chi connectivity index (χ3v) is 5.72. The lowest BCUT2D eigenvalue weighted by Gasteiger charge is -2.18. The van der Waals surface area contributed by atoms with Gasteiger partial charge in [-0.1, -0.05) is 35.3 Å². The second-order valence-electron chi connectivity index (χ2n) is 7.41. The van der Waals surface area contributed by atoms with Crippen molar-refractivity contribution in [3.63, 3.8) is 0 Å². The molecular weight excluding hydrogens is 509 g/mol. The van der Waals surface area contributed by atoms with Gasteiger partial charge in [0, 0.05) is 10.6 Å². The highest BCUT2D eigenvalue weighted by Crippen LogP contribution is 2.40. The van der Waals surface area contributed by atoms with Gasteiger partial charge in [-0.05, 0) is 42.5 Å². The summed E-state index contributed by atoms with van der Waals surface area (Å²) in [6.07, 6.45) is 0. The van der Waals surface area contributed by atoms with Crippen molar-refractivity contribution < 1.29 is 23.7 Å². The van der Waals surface area contributed by atoms with Crippen molar-refractivity contribution in [3.8, 4) is 34.4 Å². The molecule has 1 N–H and O–H groups in total. The molecule has 36 heavy (non-hydrogen) atoms. The first-order chi connectivity index (χ1) is 17.4. The van der Waals surface area contributed by atoms with E-state index in [4.69, 9.17) is 42.1 Å². The summed E-state index contributed by atoms with van der Waals surface area (Å²) in [4.78, 5) is 30.8. The van der Waals surface area contributed by atoms with Crippen molar-refractivity contribution in [3.05, 3.63) is 75.0 Å². The van der Waals surface area contributed by atoms with Crippen LogP contribution < -0.4 is 29.9 Å². The molecule has 0 bridgehead atoms. The van der Waals surface area contributed by atoms with Gasteiger partial charge in [0.2, 0.25) is 5.75 Å². The number of amides is 1. The number of hydrogen-bond donors (Lipinski definition) is 1. The lowest BCUT2D eigenvalue weighted by Crippen LogP contribution is -2.37. The third-order valence-electron chi connectivity index (χ3n) is 5.19. The number of carbonyl (C=O) groups is 1. The Labute approximate surface area is 216 Å². The Bertz CT molecular complexity index is 1480. The lowest BCUT2D eigenvalue weighted by molar-refractivity contribution is -0.119. The summed E-state index contributed by atoms with van der Waals surface area (Å²) in [6, 6.07) is 14.7. The first-order valence-corrected chi connectivity index (χ1v) is 11.3. The topological polar surface area (TPSA) is 101 Å². The zero-order valence-electron chi connectivity index (χ0n) is 19.5. The van der Waals surface area contributed by atoms with E-state index in [1.165, 1.54) is 27.4 Å². The van der Waals surface area contributed by atoms with E-state index in [-0.39, 0.29) is 16.6 Å².